The van der Waals surface area contributed by atoms with Gasteiger partial charge < -0.3 is 42.4 Å². The molecule has 0 spiro atoms. The van der Waals surface area contributed by atoms with Gasteiger partial charge in [0.15, 0.2) is 0 Å². The Bertz CT molecular complexity index is 610. The third-order valence-corrected chi connectivity index (χ3v) is 35.1. The molecule has 2 heterocycles. The zero-order valence-electron chi connectivity index (χ0n) is 24.8. The average Bonchev–Trinajstić information content (AvgIpc) is 2.78. The van der Waals surface area contributed by atoms with Crippen molar-refractivity contribution in [2.45, 2.75) is 115 Å². The van der Waals surface area contributed by atoms with Crippen LogP contribution in [0.25, 0.3) is 0 Å². The molecule has 0 radical (unpaired) electrons. The van der Waals surface area contributed by atoms with Crippen LogP contribution in [0.5, 0.6) is 0 Å². The van der Waals surface area contributed by atoms with Crippen LogP contribution in [0.4, 0.5) is 0 Å². The van der Waals surface area contributed by atoms with E-state index in [4.69, 9.17) is 42.4 Å². The van der Waals surface area contributed by atoms with Gasteiger partial charge in [-0.2, -0.15) is 0 Å². The van der Waals surface area contributed by atoms with Crippen LogP contribution in [0.3, 0.4) is 0 Å². The van der Waals surface area contributed by atoms with E-state index in [0.717, 1.165) is 63.8 Å². The summed E-state index contributed by atoms with van der Waals surface area (Å²) >= 11 is 0. The van der Waals surface area contributed by atoms with E-state index in [9.17, 15) is 0 Å². The van der Waals surface area contributed by atoms with Gasteiger partial charge in [0.25, 0.3) is 55.7 Å². The monoisotopic (exact) mass is 676 g/mol. The van der Waals surface area contributed by atoms with E-state index in [1.54, 1.807) is 0 Å². The van der Waals surface area contributed by atoms with Crippen LogP contribution in [0.1, 0.15) is 38.5 Å². The fourth-order valence-corrected chi connectivity index (χ4v) is 34.9. The van der Waals surface area contributed by atoms with Crippen LogP contribution in [-0.4, -0.2) is 98.2 Å². The topological polar surface area (TPSA) is 92.3 Å². The lowest BCUT2D eigenvalue weighted by Crippen LogP contribution is -2.53. The Morgan fingerprint density at radius 1 is 0.526 bits per heavy atom. The molecule has 224 valence electrons. The molecule has 4 unspecified atom stereocenters. The molecule has 3 fully saturated rings. The summed E-state index contributed by atoms with van der Waals surface area (Å²) in [6.07, 6.45) is 6.82. The molecule has 18 heteroatoms. The lowest BCUT2D eigenvalue weighted by Gasteiger charge is -2.37. The molecule has 0 N–H and O–H groups in total. The van der Waals surface area contributed by atoms with Crippen molar-refractivity contribution in [2.24, 2.45) is 0 Å². The summed E-state index contributed by atoms with van der Waals surface area (Å²) in [5, 5.41) is 0. The first-order valence-electron chi connectivity index (χ1n) is 14.5. The summed E-state index contributed by atoms with van der Waals surface area (Å²) in [4.78, 5) is 0. The standard InChI is InChI=1S/C20H52O10Si8/c1-31-23-33(3)27-37(7,28-34(4)24-31)17-9-15-21-19-11-13-20(14-12-19)22-16-10-18-38(8)29-35(5)25-32(2)26-36(6)30-38/h19-20,31-36H,9-18H2,1-8H3. The summed E-state index contributed by atoms with van der Waals surface area (Å²) < 4.78 is 62.1. The van der Waals surface area contributed by atoms with Gasteiger partial charge >= 0.3 is 17.1 Å². The Hall–Kier alpha value is 1.34. The molecule has 0 aromatic carbocycles. The summed E-state index contributed by atoms with van der Waals surface area (Å²) in [5.74, 6) is 0. The number of rotatable bonds is 10. The van der Waals surface area contributed by atoms with Crippen molar-refractivity contribution < 1.29 is 42.4 Å². The second-order valence-corrected chi connectivity index (χ2v) is 31.5. The zero-order chi connectivity index (χ0) is 27.8. The van der Waals surface area contributed by atoms with Gasteiger partial charge in [-0.1, -0.05) is 0 Å². The molecule has 38 heavy (non-hydrogen) atoms. The fraction of sp³-hybridized carbons (Fsp3) is 1.00. The molecule has 1 aliphatic carbocycles. The number of ether oxygens (including phenoxy) is 2. The second-order valence-electron chi connectivity index (χ2n) is 11.0. The van der Waals surface area contributed by atoms with Gasteiger partial charge in [-0.05, 0) is 103 Å². The lowest BCUT2D eigenvalue weighted by molar-refractivity contribution is -0.0312. The van der Waals surface area contributed by atoms with Gasteiger partial charge in [-0.3, -0.25) is 0 Å². The Kier molecular flexibility index (Phi) is 14.5. The van der Waals surface area contributed by atoms with Crippen LogP contribution < -0.4 is 0 Å². The molecule has 10 nitrogen and oxygen atoms in total. The first-order valence-corrected chi connectivity index (χ1v) is 32.1. The first-order chi connectivity index (χ1) is 17.9. The third-order valence-electron chi connectivity index (χ3n) is 7.07. The SMILES string of the molecule is C[SiH]1O[SiH](C)O[Si](C)(CCCOC2CCC(OCCC[Si]3(C)O[SiH](C)O[SiH](C)O[SiH](C)O3)CC2)O[SiH](C)O1. The van der Waals surface area contributed by atoms with E-state index in [2.05, 4.69) is 52.4 Å². The maximum absolute atomic E-state index is 6.37. The quantitative estimate of drug-likeness (QED) is 0.254. The van der Waals surface area contributed by atoms with Crippen LogP contribution in [0.15, 0.2) is 0 Å². The minimum atomic E-state index is -2.25. The van der Waals surface area contributed by atoms with E-state index in [-0.39, 0.29) is 0 Å². The summed E-state index contributed by atoms with van der Waals surface area (Å²) in [5.41, 5.74) is 0. The summed E-state index contributed by atoms with van der Waals surface area (Å²) in [7, 11) is -14.4. The van der Waals surface area contributed by atoms with Crippen molar-refractivity contribution in [2.75, 3.05) is 13.2 Å². The molecule has 3 aliphatic rings. The van der Waals surface area contributed by atoms with Crippen molar-refractivity contribution in [3.05, 3.63) is 0 Å². The van der Waals surface area contributed by atoms with Gasteiger partial charge in [0.05, 0.1) is 12.2 Å². The molecule has 0 bridgehead atoms. The Labute approximate surface area is 242 Å². The molecule has 2 aliphatic heterocycles. The molecular formula is C20H52O10Si8. The molecular weight excluding hydrogens is 625 g/mol. The third kappa shape index (κ3) is 12.3. The molecule has 0 amide bonds. The highest BCUT2D eigenvalue weighted by Gasteiger charge is 2.40. The van der Waals surface area contributed by atoms with Gasteiger partial charge in [-0.15, -0.1) is 0 Å². The summed E-state index contributed by atoms with van der Waals surface area (Å²) in [6.45, 7) is 18.3. The zero-order valence-corrected chi connectivity index (χ0v) is 33.7. The van der Waals surface area contributed by atoms with E-state index in [1.165, 1.54) is 0 Å². The van der Waals surface area contributed by atoms with Gasteiger partial charge in [0, 0.05) is 13.2 Å². The van der Waals surface area contributed by atoms with E-state index in [0.29, 0.717) is 12.2 Å². The number of hydrogen-bond acceptors (Lipinski definition) is 10. The second kappa shape index (κ2) is 16.3. The Morgan fingerprint density at radius 3 is 1.11 bits per heavy atom. The largest absolute Gasteiger partial charge is 0.420 e. The predicted octanol–water partition coefficient (Wildman–Crippen LogP) is 2.52. The van der Waals surface area contributed by atoms with Crippen LogP contribution >= 0.6 is 0 Å². The van der Waals surface area contributed by atoms with Crippen LogP contribution in [0, 0.1) is 0 Å². The van der Waals surface area contributed by atoms with E-state index in [1.807, 2.05) is 0 Å². The van der Waals surface area contributed by atoms with Gasteiger partial charge in [0.2, 0.25) is 0 Å². The first kappa shape index (κ1) is 33.8. The predicted molar refractivity (Wildman–Crippen MR) is 167 cm³/mol. The van der Waals surface area contributed by atoms with Crippen LogP contribution in [-0.2, 0) is 42.4 Å². The minimum Gasteiger partial charge on any atom is -0.420 e. The molecule has 1 saturated carbocycles. The average molecular weight is 677 g/mol. The van der Waals surface area contributed by atoms with Gasteiger partial charge in [0.1, 0.15) is 0 Å². The Balaban J connectivity index is 1.27. The van der Waals surface area contributed by atoms with Crippen molar-refractivity contribution in [3.8, 4) is 0 Å². The van der Waals surface area contributed by atoms with E-state index >= 15 is 0 Å². The smallest absolute Gasteiger partial charge is 0.317 e. The Morgan fingerprint density at radius 2 is 0.816 bits per heavy atom. The maximum atomic E-state index is 6.37. The van der Waals surface area contributed by atoms with Crippen molar-refractivity contribution in [3.63, 3.8) is 0 Å². The van der Waals surface area contributed by atoms with E-state index < -0.39 is 72.8 Å². The normalized spacial score (nSPS) is 43.6. The lowest BCUT2D eigenvalue weighted by atomic mass is 9.95. The van der Waals surface area contributed by atoms with Gasteiger partial charge in [-0.25, -0.2) is 0 Å². The highest BCUT2D eigenvalue weighted by Crippen LogP contribution is 2.27. The molecule has 0 aromatic rings. The summed E-state index contributed by atoms with van der Waals surface area (Å²) in [6, 6.07) is 1.86. The molecule has 3 rings (SSSR count). The molecule has 4 atom stereocenters. The highest BCUT2D eigenvalue weighted by molar-refractivity contribution is 6.81. The van der Waals surface area contributed by atoms with Crippen molar-refractivity contribution in [1.82, 2.24) is 0 Å². The van der Waals surface area contributed by atoms with Crippen LogP contribution in [0.2, 0.25) is 64.5 Å². The molecule has 2 saturated heterocycles. The minimum absolute atomic E-state index is 0.329. The number of hydrogen-bond donors (Lipinski definition) is 0. The van der Waals surface area contributed by atoms with Crippen molar-refractivity contribution in [1.29, 1.82) is 0 Å². The molecule has 0 aromatic heterocycles. The fourth-order valence-electron chi connectivity index (χ4n) is 5.60. The van der Waals surface area contributed by atoms with Crippen molar-refractivity contribution >= 4 is 72.8 Å². The highest BCUT2D eigenvalue weighted by atomic mass is 28.5. The maximum Gasteiger partial charge on any atom is 0.317 e.